The van der Waals surface area contributed by atoms with E-state index in [0.29, 0.717) is 10.8 Å². The molecule has 1 aromatic heterocycles. The number of hydrogen-bond donors (Lipinski definition) is 1. The van der Waals surface area contributed by atoms with Gasteiger partial charge in [0.25, 0.3) is 0 Å². The molecular weight excluding hydrogens is 326 g/mol. The Morgan fingerprint density at radius 1 is 1.09 bits per heavy atom. The highest BCUT2D eigenvalue weighted by Crippen LogP contribution is 2.26. The first-order valence-electron chi connectivity index (χ1n) is 7.08. The second kappa shape index (κ2) is 6.86. The third kappa shape index (κ3) is 3.55. The molecule has 0 atom stereocenters. The molecule has 1 heterocycles. The van der Waals surface area contributed by atoms with Gasteiger partial charge < -0.3 is 5.32 Å². The fraction of sp³-hybridized carbons (Fsp3) is 0.0556. The lowest BCUT2D eigenvalue weighted by molar-refractivity contribution is 1.20. The van der Waals surface area contributed by atoms with E-state index >= 15 is 0 Å². The highest BCUT2D eigenvalue weighted by atomic mass is 35.5. The van der Waals surface area contributed by atoms with E-state index in [9.17, 15) is 0 Å². The van der Waals surface area contributed by atoms with Crippen molar-refractivity contribution in [1.29, 1.82) is 0 Å². The van der Waals surface area contributed by atoms with E-state index in [4.69, 9.17) is 23.8 Å². The van der Waals surface area contributed by atoms with Crippen molar-refractivity contribution < 1.29 is 0 Å². The maximum atomic E-state index is 6.43. The number of thiocarbonyl (C=S) groups is 1. The zero-order valence-corrected chi connectivity index (χ0v) is 14.0. The van der Waals surface area contributed by atoms with Crippen molar-refractivity contribution in [3.63, 3.8) is 0 Å². The van der Waals surface area contributed by atoms with Crippen LogP contribution in [-0.4, -0.2) is 14.8 Å². The summed E-state index contributed by atoms with van der Waals surface area (Å²) >= 11 is 12.0. The van der Waals surface area contributed by atoms with Gasteiger partial charge in [-0.2, -0.15) is 0 Å². The Morgan fingerprint density at radius 2 is 1.91 bits per heavy atom. The van der Waals surface area contributed by atoms with Gasteiger partial charge in [-0.05, 0) is 36.2 Å². The number of benzene rings is 2. The number of nitrogens with zero attached hydrogens (tertiary/aromatic N) is 2. The van der Waals surface area contributed by atoms with Crippen LogP contribution in [0.1, 0.15) is 16.7 Å². The van der Waals surface area contributed by atoms with Crippen LogP contribution in [0.25, 0.3) is 0 Å². The number of aromatic nitrogens is 2. The minimum Gasteiger partial charge on any atom is -0.339 e. The average molecular weight is 340 g/mol. The number of hydrogen-bond acceptors (Lipinski definition) is 4. The third-order valence-corrected chi connectivity index (χ3v) is 4.19. The first-order valence-corrected chi connectivity index (χ1v) is 7.86. The van der Waals surface area contributed by atoms with Gasteiger partial charge in [0.05, 0.1) is 16.1 Å². The lowest BCUT2D eigenvalue weighted by Gasteiger charge is -2.11. The Bertz CT molecular complexity index is 850. The minimum absolute atomic E-state index is 0.604. The molecule has 0 unspecified atom stereocenters. The van der Waals surface area contributed by atoms with Crippen LogP contribution in [0.5, 0.6) is 0 Å². The van der Waals surface area contributed by atoms with E-state index in [2.05, 4.69) is 15.3 Å². The Hall–Kier alpha value is -2.30. The van der Waals surface area contributed by atoms with Crippen molar-refractivity contribution in [3.05, 3.63) is 82.8 Å². The summed E-state index contributed by atoms with van der Waals surface area (Å²) in [5.74, 6) is 0.665. The molecule has 2 aromatic carbocycles. The lowest BCUT2D eigenvalue weighted by Crippen LogP contribution is -2.03. The summed E-state index contributed by atoms with van der Waals surface area (Å²) in [6, 6.07) is 13.7. The summed E-state index contributed by atoms with van der Waals surface area (Å²) in [4.78, 5) is 8.95. The second-order valence-corrected chi connectivity index (χ2v) is 5.87. The smallest absolute Gasteiger partial charge is 0.148 e. The van der Waals surface area contributed by atoms with Crippen molar-refractivity contribution >= 4 is 40.2 Å². The highest BCUT2D eigenvalue weighted by Gasteiger charge is 2.11. The molecule has 5 heteroatoms. The van der Waals surface area contributed by atoms with Gasteiger partial charge in [-0.15, -0.1) is 0 Å². The summed E-state index contributed by atoms with van der Waals surface area (Å²) in [5, 5.41) is 3.76. The van der Waals surface area contributed by atoms with Crippen LogP contribution in [0.3, 0.4) is 0 Å². The largest absolute Gasteiger partial charge is 0.339 e. The van der Waals surface area contributed by atoms with E-state index < -0.39 is 0 Å². The molecule has 0 aliphatic rings. The molecule has 0 amide bonds. The topological polar surface area (TPSA) is 37.8 Å². The van der Waals surface area contributed by atoms with E-state index in [-0.39, 0.29) is 0 Å². The molecule has 1 N–H and O–H groups in total. The van der Waals surface area contributed by atoms with E-state index in [1.807, 2.05) is 49.4 Å². The van der Waals surface area contributed by atoms with Gasteiger partial charge in [-0.25, -0.2) is 4.98 Å². The molecule has 0 saturated heterocycles. The van der Waals surface area contributed by atoms with E-state index in [1.165, 1.54) is 0 Å². The first kappa shape index (κ1) is 15.6. The molecular formula is C18H14ClN3S. The SMILES string of the molecule is Cc1ccccc1C(=S)c1ccc(Nc2cnccn2)cc1Cl. The van der Waals surface area contributed by atoms with Crippen molar-refractivity contribution in [3.8, 4) is 0 Å². The Labute approximate surface area is 145 Å². The normalized spacial score (nSPS) is 10.3. The zero-order valence-electron chi connectivity index (χ0n) is 12.5. The summed E-state index contributed by atoms with van der Waals surface area (Å²) in [5.41, 5.74) is 3.85. The summed E-state index contributed by atoms with van der Waals surface area (Å²) in [7, 11) is 0. The van der Waals surface area contributed by atoms with Crippen molar-refractivity contribution in [1.82, 2.24) is 9.97 Å². The molecule has 0 bridgehead atoms. The van der Waals surface area contributed by atoms with Gasteiger partial charge in [-0.3, -0.25) is 4.98 Å². The van der Waals surface area contributed by atoms with Crippen molar-refractivity contribution in [2.24, 2.45) is 0 Å². The molecule has 0 fully saturated rings. The highest BCUT2D eigenvalue weighted by molar-refractivity contribution is 7.81. The summed E-state index contributed by atoms with van der Waals surface area (Å²) in [6.45, 7) is 2.04. The molecule has 3 aromatic rings. The van der Waals surface area contributed by atoms with Crippen LogP contribution in [0, 0.1) is 6.92 Å². The molecule has 3 nitrogen and oxygen atoms in total. The van der Waals surface area contributed by atoms with Crippen LogP contribution < -0.4 is 5.32 Å². The van der Waals surface area contributed by atoms with E-state index in [1.54, 1.807) is 18.6 Å². The number of aryl methyl sites for hydroxylation is 1. The second-order valence-electron chi connectivity index (χ2n) is 5.05. The maximum Gasteiger partial charge on any atom is 0.148 e. The fourth-order valence-corrected chi connectivity index (χ4v) is 3.00. The van der Waals surface area contributed by atoms with Crippen molar-refractivity contribution in [2.45, 2.75) is 6.92 Å². The van der Waals surface area contributed by atoms with Gasteiger partial charge in [-0.1, -0.05) is 48.1 Å². The minimum atomic E-state index is 0.604. The molecule has 0 aliphatic heterocycles. The maximum absolute atomic E-state index is 6.43. The quantitative estimate of drug-likeness (QED) is 0.539. The van der Waals surface area contributed by atoms with Gasteiger partial charge in [0, 0.05) is 23.6 Å². The van der Waals surface area contributed by atoms with Crippen LogP contribution >= 0.6 is 23.8 Å². The number of rotatable bonds is 4. The van der Waals surface area contributed by atoms with E-state index in [0.717, 1.165) is 27.2 Å². The van der Waals surface area contributed by atoms with Gasteiger partial charge in [0.15, 0.2) is 0 Å². The number of anilines is 2. The third-order valence-electron chi connectivity index (χ3n) is 3.44. The fourth-order valence-electron chi connectivity index (χ4n) is 2.26. The van der Waals surface area contributed by atoms with Crippen molar-refractivity contribution in [2.75, 3.05) is 5.32 Å². The van der Waals surface area contributed by atoms with Gasteiger partial charge in [0.1, 0.15) is 5.82 Å². The van der Waals surface area contributed by atoms with Crippen LogP contribution in [0.4, 0.5) is 11.5 Å². The molecule has 23 heavy (non-hydrogen) atoms. The molecule has 0 radical (unpaired) electrons. The molecule has 0 spiro atoms. The Balaban J connectivity index is 1.88. The summed E-state index contributed by atoms with van der Waals surface area (Å²) in [6.07, 6.45) is 4.91. The monoisotopic (exact) mass is 339 g/mol. The zero-order chi connectivity index (χ0) is 16.2. The molecule has 3 rings (SSSR count). The van der Waals surface area contributed by atoms with Crippen LogP contribution in [0.2, 0.25) is 5.02 Å². The Kier molecular flexibility index (Phi) is 4.65. The van der Waals surface area contributed by atoms with Gasteiger partial charge >= 0.3 is 0 Å². The van der Waals surface area contributed by atoms with Gasteiger partial charge in [0.2, 0.25) is 0 Å². The number of nitrogens with one attached hydrogen (secondary N) is 1. The average Bonchev–Trinajstić information content (AvgIpc) is 2.56. The lowest BCUT2D eigenvalue weighted by atomic mass is 10.00. The number of halogens is 1. The first-order chi connectivity index (χ1) is 11.1. The predicted octanol–water partition coefficient (Wildman–Crippen LogP) is 4.95. The van der Waals surface area contributed by atoms with Crippen LogP contribution in [0.15, 0.2) is 61.1 Å². The standard InChI is InChI=1S/C18H14ClN3S/c1-12-4-2-3-5-14(12)18(23)15-7-6-13(10-16(15)19)22-17-11-20-8-9-21-17/h2-11H,1H3,(H,21,22). The van der Waals surface area contributed by atoms with Crippen LogP contribution in [-0.2, 0) is 0 Å². The molecule has 0 saturated carbocycles. The molecule has 0 aliphatic carbocycles. The predicted molar refractivity (Wildman–Crippen MR) is 98.7 cm³/mol. The summed E-state index contributed by atoms with van der Waals surface area (Å²) < 4.78 is 0. The Morgan fingerprint density at radius 3 is 2.61 bits per heavy atom. The molecule has 114 valence electrons.